The average Bonchev–Trinajstić information content (AvgIpc) is 3.84. The lowest BCUT2D eigenvalue weighted by Gasteiger charge is -2.23. The van der Waals surface area contributed by atoms with Gasteiger partial charge in [0, 0.05) is 36.5 Å². The highest BCUT2D eigenvalue weighted by atomic mass is 32.2. The third kappa shape index (κ3) is 6.05. The van der Waals surface area contributed by atoms with E-state index in [0.717, 1.165) is 73.0 Å². The maximum absolute atomic E-state index is 13.8. The normalized spacial score (nSPS) is 16.1. The topological polar surface area (TPSA) is 123 Å². The van der Waals surface area contributed by atoms with Crippen molar-refractivity contribution in [2.45, 2.75) is 95.7 Å². The summed E-state index contributed by atoms with van der Waals surface area (Å²) in [5.41, 5.74) is 3.35. The first-order chi connectivity index (χ1) is 21.7. The van der Waals surface area contributed by atoms with Crippen LogP contribution in [0.2, 0.25) is 0 Å². The summed E-state index contributed by atoms with van der Waals surface area (Å²) in [5, 5.41) is 3.97. The molecule has 1 aliphatic heterocycles. The second-order valence-corrected chi connectivity index (χ2v) is 13.7. The van der Waals surface area contributed by atoms with E-state index in [1.807, 2.05) is 46.9 Å². The molecule has 1 aliphatic carbocycles. The van der Waals surface area contributed by atoms with Crippen LogP contribution in [0.25, 0.3) is 11.1 Å². The Labute approximate surface area is 264 Å². The van der Waals surface area contributed by atoms with Crippen LogP contribution in [0.4, 0.5) is 5.82 Å². The van der Waals surface area contributed by atoms with Gasteiger partial charge in [0.2, 0.25) is 0 Å². The molecule has 0 atom stereocenters. The van der Waals surface area contributed by atoms with Crippen LogP contribution in [0, 0.1) is 6.92 Å². The number of amidine groups is 1. The number of anilines is 1. The molecule has 2 aromatic carbocycles. The van der Waals surface area contributed by atoms with E-state index in [2.05, 4.69) is 27.9 Å². The van der Waals surface area contributed by atoms with Crippen LogP contribution in [0.5, 0.6) is 0 Å². The summed E-state index contributed by atoms with van der Waals surface area (Å²) in [6.07, 6.45) is 12.4. The van der Waals surface area contributed by atoms with Gasteiger partial charge in [-0.3, -0.25) is 19.4 Å². The Morgan fingerprint density at radius 3 is 2.58 bits per heavy atom. The molecule has 1 saturated carbocycles. The van der Waals surface area contributed by atoms with Crippen LogP contribution in [-0.2, 0) is 34.3 Å². The smallest absolute Gasteiger partial charge is 0.263 e. The number of benzene rings is 2. The molecule has 0 unspecified atom stereocenters. The molecule has 4 aromatic rings. The Bertz CT molecular complexity index is 1820. The van der Waals surface area contributed by atoms with Crippen molar-refractivity contribution in [1.82, 2.24) is 19.6 Å². The molecule has 45 heavy (non-hydrogen) atoms. The van der Waals surface area contributed by atoms with Crippen molar-refractivity contribution in [3.8, 4) is 11.1 Å². The van der Waals surface area contributed by atoms with Crippen molar-refractivity contribution in [2.24, 2.45) is 4.99 Å². The summed E-state index contributed by atoms with van der Waals surface area (Å²) in [7, 11) is -4.02. The van der Waals surface area contributed by atoms with Crippen LogP contribution in [-0.4, -0.2) is 45.3 Å². The van der Waals surface area contributed by atoms with Gasteiger partial charge in [0.1, 0.15) is 17.1 Å². The number of nitrogens with zero attached hydrogens (tertiary/aromatic N) is 5. The minimum absolute atomic E-state index is 0.114. The van der Waals surface area contributed by atoms with E-state index in [0.29, 0.717) is 30.8 Å². The van der Waals surface area contributed by atoms with Crippen molar-refractivity contribution in [3.63, 3.8) is 0 Å². The summed E-state index contributed by atoms with van der Waals surface area (Å²) in [6.45, 7) is 6.74. The summed E-state index contributed by atoms with van der Waals surface area (Å²) < 4.78 is 37.5. The van der Waals surface area contributed by atoms with Gasteiger partial charge in [0.05, 0.1) is 17.8 Å². The Morgan fingerprint density at radius 1 is 1.04 bits per heavy atom. The number of carbonyl (C=O) groups is 1. The van der Waals surface area contributed by atoms with Gasteiger partial charge in [-0.15, -0.1) is 0 Å². The zero-order valence-corrected chi connectivity index (χ0v) is 26.9. The molecular formula is C34H40N6O4S. The number of hydrogen-bond donors (Lipinski definition) is 1. The fourth-order valence-corrected chi connectivity index (χ4v) is 7.84. The number of nitrogens with one attached hydrogen (secondary N) is 1. The Morgan fingerprint density at radius 2 is 1.84 bits per heavy atom. The molecule has 0 bridgehead atoms. The maximum Gasteiger partial charge on any atom is 0.263 e. The lowest BCUT2D eigenvalue weighted by atomic mass is 9.96. The van der Waals surface area contributed by atoms with Gasteiger partial charge in [0.15, 0.2) is 5.82 Å². The van der Waals surface area contributed by atoms with Gasteiger partial charge >= 0.3 is 0 Å². The molecule has 1 spiro atoms. The van der Waals surface area contributed by atoms with Crippen LogP contribution < -0.4 is 4.72 Å². The molecule has 1 fully saturated rings. The number of aryl methyl sites for hydroxylation is 1. The first-order valence-electron chi connectivity index (χ1n) is 15.8. The van der Waals surface area contributed by atoms with Crippen molar-refractivity contribution in [2.75, 3.05) is 4.72 Å². The largest absolute Gasteiger partial charge is 0.359 e. The molecule has 236 valence electrons. The van der Waals surface area contributed by atoms with Crippen molar-refractivity contribution in [3.05, 3.63) is 83.6 Å². The monoisotopic (exact) mass is 628 g/mol. The highest BCUT2D eigenvalue weighted by Gasteiger charge is 2.49. The van der Waals surface area contributed by atoms with E-state index >= 15 is 0 Å². The maximum atomic E-state index is 13.8. The number of imidazole rings is 1. The van der Waals surface area contributed by atoms with Crippen molar-refractivity contribution >= 4 is 27.6 Å². The SMILES string of the molecule is CCCCC1=NC2(CCCC2)C(=O)N1Cc1ccc(-c2ccccc2S(=O)(=O)Nc2noc(C)c2CC)c(Cn2ccnc2)c1. The number of hydrogen-bond acceptors (Lipinski definition) is 7. The molecule has 0 radical (unpaired) electrons. The predicted octanol–water partition coefficient (Wildman–Crippen LogP) is 6.50. The van der Waals surface area contributed by atoms with Crippen LogP contribution in [0.15, 0.2) is 75.6 Å². The quantitative estimate of drug-likeness (QED) is 0.191. The molecule has 0 saturated heterocycles. The van der Waals surface area contributed by atoms with Crippen molar-refractivity contribution < 1.29 is 17.7 Å². The molecule has 11 heteroatoms. The Kier molecular flexibility index (Phi) is 8.63. The van der Waals surface area contributed by atoms with Crippen LogP contribution in [0.3, 0.4) is 0 Å². The van der Waals surface area contributed by atoms with E-state index in [9.17, 15) is 13.2 Å². The van der Waals surface area contributed by atoms with Gasteiger partial charge < -0.3 is 9.09 Å². The van der Waals surface area contributed by atoms with Crippen LogP contribution >= 0.6 is 0 Å². The van der Waals surface area contributed by atoms with E-state index in [1.165, 1.54) is 0 Å². The second-order valence-electron chi connectivity index (χ2n) is 12.0. The van der Waals surface area contributed by atoms with Crippen molar-refractivity contribution in [1.29, 1.82) is 0 Å². The number of sulfonamides is 1. The molecule has 1 N–H and O–H groups in total. The molecule has 1 amide bonds. The number of amides is 1. The van der Waals surface area contributed by atoms with Gasteiger partial charge in [-0.2, -0.15) is 0 Å². The molecule has 2 aliphatic rings. The predicted molar refractivity (Wildman–Crippen MR) is 173 cm³/mol. The lowest BCUT2D eigenvalue weighted by molar-refractivity contribution is -0.131. The van der Waals surface area contributed by atoms with E-state index < -0.39 is 15.6 Å². The first kappa shape index (κ1) is 30.8. The lowest BCUT2D eigenvalue weighted by Crippen LogP contribution is -2.40. The van der Waals surface area contributed by atoms with Gasteiger partial charge in [-0.25, -0.2) is 13.4 Å². The van der Waals surface area contributed by atoms with E-state index in [-0.39, 0.29) is 16.6 Å². The minimum atomic E-state index is -4.02. The minimum Gasteiger partial charge on any atom is -0.359 e. The number of rotatable bonds is 12. The number of carbonyl (C=O) groups excluding carboxylic acids is 1. The molecule has 6 rings (SSSR count). The fraction of sp³-hybridized carbons (Fsp3) is 0.412. The summed E-state index contributed by atoms with van der Waals surface area (Å²) in [4.78, 5) is 25.1. The zero-order chi connectivity index (χ0) is 31.6. The highest BCUT2D eigenvalue weighted by molar-refractivity contribution is 7.92. The molecular weight excluding hydrogens is 588 g/mol. The average molecular weight is 629 g/mol. The molecule has 2 aromatic heterocycles. The summed E-state index contributed by atoms with van der Waals surface area (Å²) in [6, 6.07) is 13.0. The highest BCUT2D eigenvalue weighted by Crippen LogP contribution is 2.40. The third-order valence-electron chi connectivity index (χ3n) is 8.94. The summed E-state index contributed by atoms with van der Waals surface area (Å²) >= 11 is 0. The number of aliphatic imine (C=N–C) groups is 1. The third-order valence-corrected chi connectivity index (χ3v) is 10.3. The van der Waals surface area contributed by atoms with E-state index in [4.69, 9.17) is 9.52 Å². The first-order valence-corrected chi connectivity index (χ1v) is 17.3. The van der Waals surface area contributed by atoms with E-state index in [1.54, 1.807) is 31.6 Å². The zero-order valence-electron chi connectivity index (χ0n) is 26.1. The van der Waals surface area contributed by atoms with Gasteiger partial charge in [-0.05, 0) is 55.4 Å². The van der Waals surface area contributed by atoms with Gasteiger partial charge in [-0.1, -0.05) is 74.7 Å². The Hall–Kier alpha value is -4.25. The molecule has 3 heterocycles. The standard InChI is InChI=1S/C34H40N6O4S/c1-4-6-13-31-36-34(16-9-10-17-34)33(41)40(31)21-25-14-15-28(26(20-25)22-39-19-18-35-23-39)29-11-7-8-12-30(29)45(42,43)38-32-27(5-2)24(3)44-37-32/h7-8,11-12,14-15,18-20,23H,4-6,9-10,13,16-17,21-22H2,1-3H3,(H,37,38). The number of aromatic nitrogens is 3. The molecule has 10 nitrogen and oxygen atoms in total. The van der Waals surface area contributed by atoms with Crippen LogP contribution in [0.1, 0.15) is 81.2 Å². The second kappa shape index (κ2) is 12.6. The number of unbranched alkanes of at least 4 members (excludes halogenated alkanes) is 1. The van der Waals surface area contributed by atoms with Gasteiger partial charge in [0.25, 0.3) is 15.9 Å². The Balaban J connectivity index is 1.37. The fourth-order valence-electron chi connectivity index (χ4n) is 6.59. The summed E-state index contributed by atoms with van der Waals surface area (Å²) in [5.74, 6) is 1.79.